The zero-order valence-corrected chi connectivity index (χ0v) is 14.3. The summed E-state index contributed by atoms with van der Waals surface area (Å²) in [6.07, 6.45) is -4.77. The van der Waals surface area contributed by atoms with Gasteiger partial charge in [0.1, 0.15) is 12.3 Å². The second-order valence-corrected chi connectivity index (χ2v) is 5.71. The summed E-state index contributed by atoms with van der Waals surface area (Å²) in [6.45, 7) is -0.760. The number of hydrogen-bond donors (Lipinski definition) is 1. The van der Waals surface area contributed by atoms with Gasteiger partial charge in [-0.2, -0.15) is 27.1 Å². The average Bonchev–Trinajstić information content (AvgIpc) is 2.78. The van der Waals surface area contributed by atoms with Gasteiger partial charge in [0.15, 0.2) is 5.69 Å². The van der Waals surface area contributed by atoms with Crippen molar-refractivity contribution in [1.29, 1.82) is 0 Å². The molecule has 1 amide bonds. The minimum atomic E-state index is -4.77. The summed E-state index contributed by atoms with van der Waals surface area (Å²) in [6, 6.07) is 4.13. The van der Waals surface area contributed by atoms with E-state index in [1.807, 2.05) is 0 Å². The fourth-order valence-corrected chi connectivity index (χ4v) is 2.37. The van der Waals surface area contributed by atoms with Gasteiger partial charge in [-0.1, -0.05) is 17.7 Å². The molecule has 0 saturated heterocycles. The van der Waals surface area contributed by atoms with Gasteiger partial charge in [-0.25, -0.2) is 0 Å². The second-order valence-electron chi connectivity index (χ2n) is 5.33. The van der Waals surface area contributed by atoms with Gasteiger partial charge in [0, 0.05) is 0 Å². The predicted molar refractivity (Wildman–Crippen MR) is 83.4 cm³/mol. The molecule has 0 aliphatic rings. The van der Waals surface area contributed by atoms with Crippen molar-refractivity contribution in [2.45, 2.75) is 33.2 Å². The summed E-state index contributed by atoms with van der Waals surface area (Å²) < 4.78 is 68.3. The Morgan fingerprint density at radius 3 is 2.54 bits per heavy atom. The first-order chi connectivity index (χ1) is 12.0. The van der Waals surface area contributed by atoms with Crippen molar-refractivity contribution in [2.24, 2.45) is 0 Å². The van der Waals surface area contributed by atoms with Gasteiger partial charge in [0.2, 0.25) is 5.91 Å². The van der Waals surface area contributed by atoms with Crippen molar-refractivity contribution in [2.75, 3.05) is 5.32 Å². The third kappa shape index (κ3) is 4.63. The highest BCUT2D eigenvalue weighted by molar-refractivity contribution is 6.32. The molecule has 2 aromatic rings. The molecule has 0 unspecified atom stereocenters. The van der Waals surface area contributed by atoms with Gasteiger partial charge in [-0.3, -0.25) is 9.48 Å². The van der Waals surface area contributed by atoms with Gasteiger partial charge >= 0.3 is 12.8 Å². The van der Waals surface area contributed by atoms with Crippen molar-refractivity contribution < 1.29 is 31.5 Å². The van der Waals surface area contributed by atoms with Crippen LogP contribution in [0.15, 0.2) is 18.2 Å². The van der Waals surface area contributed by atoms with Crippen LogP contribution in [0.4, 0.5) is 27.6 Å². The molecule has 1 aromatic heterocycles. The van der Waals surface area contributed by atoms with Crippen molar-refractivity contribution in [3.63, 3.8) is 0 Å². The van der Waals surface area contributed by atoms with E-state index in [1.165, 1.54) is 25.1 Å². The summed E-state index contributed by atoms with van der Waals surface area (Å²) in [5.41, 5.74) is -0.744. The van der Waals surface area contributed by atoms with E-state index in [-0.39, 0.29) is 17.1 Å². The third-order valence-electron chi connectivity index (χ3n) is 3.32. The van der Waals surface area contributed by atoms with E-state index < -0.39 is 36.0 Å². The molecule has 0 bridgehead atoms. The molecule has 5 nitrogen and oxygen atoms in total. The lowest BCUT2D eigenvalue weighted by Gasteiger charge is -2.13. The van der Waals surface area contributed by atoms with E-state index in [2.05, 4.69) is 15.2 Å². The Morgan fingerprint density at radius 2 is 2.00 bits per heavy atom. The molecule has 26 heavy (non-hydrogen) atoms. The number of carbonyl (C=O) groups excluding carboxylic acids is 1. The van der Waals surface area contributed by atoms with Crippen LogP contribution in [0.1, 0.15) is 17.0 Å². The maximum Gasteiger partial charge on any atom is 0.436 e. The molecule has 0 spiro atoms. The highest BCUT2D eigenvalue weighted by Crippen LogP contribution is 2.35. The number of rotatable bonds is 5. The van der Waals surface area contributed by atoms with Crippen LogP contribution in [0.5, 0.6) is 5.75 Å². The monoisotopic (exact) mass is 397 g/mol. The number of nitrogens with zero attached hydrogens (tertiary/aromatic N) is 2. The number of alkyl halides is 5. The van der Waals surface area contributed by atoms with Crippen LogP contribution in [0.25, 0.3) is 0 Å². The lowest BCUT2D eigenvalue weighted by Crippen LogP contribution is -2.21. The standard InChI is InChI=1S/C15H13ClF5N3O2/c1-7-3-4-10(26-14(17)18)9(5-7)22-11(25)6-24-8(2)12(16)13(23-24)15(19,20)21/h3-5,14H,6H2,1-2H3,(H,22,25). The average molecular weight is 398 g/mol. The highest BCUT2D eigenvalue weighted by atomic mass is 35.5. The number of nitrogens with one attached hydrogen (secondary N) is 1. The summed E-state index contributed by atoms with van der Waals surface area (Å²) >= 11 is 5.61. The molecule has 1 N–H and O–H groups in total. The molecule has 1 aromatic carbocycles. The number of hydrogen-bond acceptors (Lipinski definition) is 3. The number of benzene rings is 1. The van der Waals surface area contributed by atoms with Crippen molar-refractivity contribution in [3.05, 3.63) is 40.2 Å². The summed E-state index contributed by atoms with van der Waals surface area (Å²) in [7, 11) is 0. The molecule has 11 heteroatoms. The van der Waals surface area contributed by atoms with Crippen LogP contribution in [-0.4, -0.2) is 22.3 Å². The van der Waals surface area contributed by atoms with Crippen molar-refractivity contribution in [3.8, 4) is 5.75 Å². The van der Waals surface area contributed by atoms with Gasteiger partial charge in [0.05, 0.1) is 16.4 Å². The Bertz CT molecular complexity index is 820. The fourth-order valence-electron chi connectivity index (χ4n) is 2.13. The summed E-state index contributed by atoms with van der Waals surface area (Å²) in [5.74, 6) is -1.06. The van der Waals surface area contributed by atoms with Gasteiger partial charge in [-0.15, -0.1) is 0 Å². The van der Waals surface area contributed by atoms with Gasteiger partial charge in [0.25, 0.3) is 0 Å². The molecule has 0 aliphatic carbocycles. The van der Waals surface area contributed by atoms with E-state index >= 15 is 0 Å². The lowest BCUT2D eigenvalue weighted by molar-refractivity contribution is -0.141. The van der Waals surface area contributed by atoms with Crippen molar-refractivity contribution in [1.82, 2.24) is 9.78 Å². The lowest BCUT2D eigenvalue weighted by atomic mass is 10.2. The number of anilines is 1. The SMILES string of the molecule is Cc1ccc(OC(F)F)c(NC(=O)Cn2nc(C(F)(F)F)c(Cl)c2C)c1. The van der Waals surface area contributed by atoms with Gasteiger partial charge in [-0.05, 0) is 31.5 Å². The molecule has 0 radical (unpaired) electrons. The smallest absolute Gasteiger partial charge is 0.433 e. The Labute approximate surface area is 149 Å². The van der Waals surface area contributed by atoms with E-state index in [0.29, 0.717) is 5.56 Å². The van der Waals surface area contributed by atoms with Crippen LogP contribution >= 0.6 is 11.6 Å². The first kappa shape index (κ1) is 20.0. The number of carbonyl (C=O) groups is 1. The Balaban J connectivity index is 2.21. The molecular formula is C15H13ClF5N3O2. The zero-order chi connectivity index (χ0) is 19.6. The largest absolute Gasteiger partial charge is 0.436 e. The number of ether oxygens (including phenoxy) is 1. The zero-order valence-electron chi connectivity index (χ0n) is 13.5. The highest BCUT2D eigenvalue weighted by Gasteiger charge is 2.38. The second kappa shape index (κ2) is 7.48. The molecule has 2 rings (SSSR count). The minimum Gasteiger partial charge on any atom is -0.433 e. The number of amides is 1. The third-order valence-corrected chi connectivity index (χ3v) is 3.77. The van der Waals surface area contributed by atoms with E-state index in [1.54, 1.807) is 6.92 Å². The molecule has 1 heterocycles. The minimum absolute atomic E-state index is 0.0396. The van der Waals surface area contributed by atoms with Crippen LogP contribution in [0, 0.1) is 13.8 Å². The Morgan fingerprint density at radius 1 is 1.35 bits per heavy atom. The number of halogens is 6. The molecule has 0 fully saturated rings. The fraction of sp³-hybridized carbons (Fsp3) is 0.333. The Kier molecular flexibility index (Phi) is 5.74. The first-order valence-corrected chi connectivity index (χ1v) is 7.52. The van der Waals surface area contributed by atoms with Crippen LogP contribution < -0.4 is 10.1 Å². The van der Waals surface area contributed by atoms with Crippen LogP contribution in [0.2, 0.25) is 5.02 Å². The van der Waals surface area contributed by atoms with Gasteiger partial charge < -0.3 is 10.1 Å². The summed E-state index contributed by atoms with van der Waals surface area (Å²) in [4.78, 5) is 12.1. The van der Waals surface area contributed by atoms with Crippen molar-refractivity contribution >= 4 is 23.2 Å². The molecule has 142 valence electrons. The quantitative estimate of drug-likeness (QED) is 0.760. The molecule has 0 atom stereocenters. The first-order valence-electron chi connectivity index (χ1n) is 7.14. The normalized spacial score (nSPS) is 11.7. The van der Waals surface area contributed by atoms with E-state index in [4.69, 9.17) is 11.6 Å². The topological polar surface area (TPSA) is 56.1 Å². The number of aromatic nitrogens is 2. The maximum absolute atomic E-state index is 12.8. The predicted octanol–water partition coefficient (Wildman–Crippen LogP) is 4.41. The van der Waals surface area contributed by atoms with E-state index in [0.717, 1.165) is 4.68 Å². The van der Waals surface area contributed by atoms with E-state index in [9.17, 15) is 26.7 Å². The number of aryl methyl sites for hydroxylation is 1. The molecule has 0 aliphatic heterocycles. The summed E-state index contributed by atoms with van der Waals surface area (Å²) in [5, 5.41) is 5.01. The van der Waals surface area contributed by atoms with Crippen LogP contribution in [-0.2, 0) is 17.5 Å². The molecule has 0 saturated carbocycles. The van der Waals surface area contributed by atoms with Crippen LogP contribution in [0.3, 0.4) is 0 Å². The maximum atomic E-state index is 12.8. The Hall–Kier alpha value is -2.36. The molecular weight excluding hydrogens is 385 g/mol.